The van der Waals surface area contributed by atoms with Crippen molar-refractivity contribution in [2.24, 2.45) is 116 Å². The van der Waals surface area contributed by atoms with Crippen molar-refractivity contribution in [2.75, 3.05) is 26.4 Å². The van der Waals surface area contributed by atoms with Crippen molar-refractivity contribution in [3.05, 3.63) is 136 Å². The molecular weight excluding hydrogens is 1760 g/mol. The molecular formula is C116H175F5O17. The lowest BCUT2D eigenvalue weighted by atomic mass is 9.70. The van der Waals surface area contributed by atoms with Crippen LogP contribution >= 0.6 is 0 Å². The van der Waals surface area contributed by atoms with Gasteiger partial charge in [-0.2, -0.15) is 0 Å². The van der Waals surface area contributed by atoms with Crippen molar-refractivity contribution in [3.8, 4) is 5.75 Å². The average Bonchev–Trinajstić information content (AvgIpc) is 1.54. The van der Waals surface area contributed by atoms with Gasteiger partial charge in [-0.25, -0.2) is 22.0 Å². The number of hydrogen-bond acceptors (Lipinski definition) is 17. The summed E-state index contributed by atoms with van der Waals surface area (Å²) in [6.45, 7) is 56.4. The Hall–Kier alpha value is -7.01. The number of rotatable bonds is 28. The Labute approximate surface area is 825 Å². The van der Waals surface area contributed by atoms with E-state index in [-0.39, 0.29) is 119 Å². The molecule has 4 aromatic rings. The smallest absolute Gasteiger partial charge is 0.308 e. The lowest BCUT2D eigenvalue weighted by Crippen LogP contribution is -2.39. The first-order chi connectivity index (χ1) is 65.3. The van der Waals surface area contributed by atoms with Crippen LogP contribution in [0.3, 0.4) is 0 Å². The standard InChI is InChI=1S/2C15H22O3.2C15H26O2.C10H9F5.C10H14O.2C10H14.2C8H14O3/c2*1-3-7(2)15(16)18-11-5-8-4-9(11)10-6-12-14(17-12)13(8)10;2*1-6-10(2)13(16)17-12-9-11-7-8-15(12,5)14(11,3)4;1-3-4(2)5-6(11)8(13)10(15)9(14)7(5)12;1-3-8(2)9-4-6-10(11)7-5-9;2*1-3-9(2)10-7-5-4-6-8-10;2*1-3-6(2)8(9)11-5-7-4-10-7/h2*7-14H,3-6H2,1-2H3;2*10-12H,6-9H2,1-5H3;4H,3H2,1-2H3;4-8,11H,3H2,1-2H3;2*4-9H,3H2,1-2H3;2*6-7H,3-5H2,1-2H3. The topological polar surface area (TPSA) is 228 Å². The van der Waals surface area contributed by atoms with Crippen LogP contribution in [0.2, 0.25) is 0 Å². The third-order valence-electron chi connectivity index (χ3n) is 35.9. The second-order valence-corrected chi connectivity index (χ2v) is 44.7. The monoisotopic (exact) mass is 1940 g/mol. The Morgan fingerprint density at radius 2 is 0.659 bits per heavy atom. The van der Waals surface area contributed by atoms with E-state index in [1.54, 1.807) is 19.1 Å². The van der Waals surface area contributed by atoms with Crippen LogP contribution < -0.4 is 0 Å². The van der Waals surface area contributed by atoms with E-state index in [1.165, 1.54) is 87.8 Å². The molecule has 10 aliphatic carbocycles. The molecule has 0 amide bonds. The minimum atomic E-state index is -2.11. The van der Waals surface area contributed by atoms with Crippen molar-refractivity contribution in [2.45, 2.75) is 406 Å². The largest absolute Gasteiger partial charge is 0.508 e. The third kappa shape index (κ3) is 28.4. The van der Waals surface area contributed by atoms with Gasteiger partial charge in [-0.1, -0.05) is 253 Å². The zero-order chi connectivity index (χ0) is 102. The van der Waals surface area contributed by atoms with Gasteiger partial charge in [-0.3, -0.25) is 28.8 Å². The molecule has 4 aromatic carbocycles. The van der Waals surface area contributed by atoms with Gasteiger partial charge in [0, 0.05) is 16.4 Å². The molecule has 22 heteroatoms. The fourth-order valence-electron chi connectivity index (χ4n) is 22.8. The number of fused-ring (bicyclic) bond motifs is 18. The molecule has 138 heavy (non-hydrogen) atoms. The molecule has 14 aliphatic rings. The number of hydrogen-bond donors (Lipinski definition) is 1. The molecule has 32 atom stereocenters. The van der Waals surface area contributed by atoms with Crippen molar-refractivity contribution in [3.63, 3.8) is 0 Å². The number of carbonyl (C=O) groups is 6. The van der Waals surface area contributed by atoms with Gasteiger partial charge in [-0.15, -0.1) is 0 Å². The molecule has 0 spiro atoms. The summed E-state index contributed by atoms with van der Waals surface area (Å²) in [4.78, 5) is 69.8. The van der Waals surface area contributed by atoms with Crippen LogP contribution in [-0.4, -0.2) is 128 Å². The fourth-order valence-corrected chi connectivity index (χ4v) is 22.8. The zero-order valence-electron chi connectivity index (χ0n) is 88.7. The van der Waals surface area contributed by atoms with Gasteiger partial charge in [0.25, 0.3) is 0 Å². The van der Waals surface area contributed by atoms with Gasteiger partial charge < -0.3 is 52.5 Å². The zero-order valence-corrected chi connectivity index (χ0v) is 88.7. The van der Waals surface area contributed by atoms with Gasteiger partial charge in [0.1, 0.15) is 55.6 Å². The molecule has 776 valence electrons. The molecule has 18 rings (SSSR count). The first kappa shape index (κ1) is 115. The molecule has 4 heterocycles. The van der Waals surface area contributed by atoms with Crippen LogP contribution in [0.4, 0.5) is 22.0 Å². The van der Waals surface area contributed by atoms with Crippen LogP contribution in [0.15, 0.2) is 84.9 Å². The number of phenolic OH excluding ortho intramolecular Hbond substituents is 1. The van der Waals surface area contributed by atoms with Crippen LogP contribution in [0.25, 0.3) is 0 Å². The summed E-state index contributed by atoms with van der Waals surface area (Å²) in [6, 6.07) is 28.7. The highest BCUT2D eigenvalue weighted by Gasteiger charge is 2.69. The summed E-state index contributed by atoms with van der Waals surface area (Å²) in [5.74, 6) is -0.146. The Morgan fingerprint density at radius 3 is 0.942 bits per heavy atom. The predicted octanol–water partition coefficient (Wildman–Crippen LogP) is 27.5. The normalized spacial score (nSPS) is 31.9. The van der Waals surface area contributed by atoms with E-state index in [9.17, 15) is 50.7 Å². The summed E-state index contributed by atoms with van der Waals surface area (Å²) in [5, 5.41) is 9.01. The molecule has 0 aromatic heterocycles. The second kappa shape index (κ2) is 51.5. The van der Waals surface area contributed by atoms with Gasteiger partial charge in [0.05, 0.1) is 73.1 Å². The van der Waals surface area contributed by atoms with Crippen molar-refractivity contribution in [1.29, 1.82) is 0 Å². The van der Waals surface area contributed by atoms with E-state index in [2.05, 4.69) is 144 Å². The molecule has 32 unspecified atom stereocenters. The second-order valence-electron chi connectivity index (χ2n) is 44.7. The van der Waals surface area contributed by atoms with Gasteiger partial charge in [0.15, 0.2) is 23.3 Å². The first-order valence-electron chi connectivity index (χ1n) is 53.4. The van der Waals surface area contributed by atoms with Gasteiger partial charge in [0.2, 0.25) is 5.82 Å². The summed E-state index contributed by atoms with van der Waals surface area (Å²) >= 11 is 0. The molecule has 10 saturated carbocycles. The maximum atomic E-state index is 13.1. The van der Waals surface area contributed by atoms with E-state index in [1.807, 2.05) is 95.2 Å². The molecule has 4 saturated heterocycles. The van der Waals surface area contributed by atoms with Crippen LogP contribution in [-0.2, 0) is 76.1 Å². The number of ether oxygens (including phenoxy) is 10. The summed E-state index contributed by atoms with van der Waals surface area (Å²) in [6.07, 6.45) is 26.8. The molecule has 14 fully saturated rings. The highest BCUT2D eigenvalue weighted by Crippen LogP contribution is 2.69. The number of halogens is 5. The molecule has 4 aliphatic heterocycles. The predicted molar refractivity (Wildman–Crippen MR) is 531 cm³/mol. The minimum Gasteiger partial charge on any atom is -0.508 e. The highest BCUT2D eigenvalue weighted by molar-refractivity contribution is 5.74. The van der Waals surface area contributed by atoms with Crippen molar-refractivity contribution in [1.82, 2.24) is 0 Å². The van der Waals surface area contributed by atoms with Crippen LogP contribution in [0.1, 0.15) is 367 Å². The molecule has 1 N–H and O–H groups in total. The van der Waals surface area contributed by atoms with E-state index >= 15 is 0 Å². The number of benzene rings is 4. The van der Waals surface area contributed by atoms with Gasteiger partial charge in [-0.05, 0) is 264 Å². The third-order valence-corrected chi connectivity index (χ3v) is 35.9. The average molecular weight is 1940 g/mol. The van der Waals surface area contributed by atoms with E-state index in [4.69, 9.17) is 52.5 Å². The molecule has 8 bridgehead atoms. The van der Waals surface area contributed by atoms with Crippen molar-refractivity contribution >= 4 is 35.8 Å². The van der Waals surface area contributed by atoms with Crippen molar-refractivity contribution < 1.29 is 103 Å². The van der Waals surface area contributed by atoms with Crippen LogP contribution in [0, 0.1) is 145 Å². The summed E-state index contributed by atoms with van der Waals surface area (Å²) in [7, 11) is 0. The fraction of sp³-hybridized carbons (Fsp3) is 0.741. The first-order valence-corrected chi connectivity index (χ1v) is 53.4. The van der Waals surface area contributed by atoms with E-state index in [0.717, 1.165) is 131 Å². The number of phenols is 1. The molecule has 17 nitrogen and oxygen atoms in total. The maximum Gasteiger partial charge on any atom is 0.308 e. The summed E-state index contributed by atoms with van der Waals surface area (Å²) < 4.78 is 119. The number of epoxide rings is 4. The number of aromatic hydroxyl groups is 1. The van der Waals surface area contributed by atoms with Crippen LogP contribution in [0.5, 0.6) is 5.75 Å². The Kier molecular flexibility index (Phi) is 42.7. The maximum absolute atomic E-state index is 13.1. The number of carbonyl (C=O) groups excluding carboxylic acids is 6. The number of esters is 6. The SMILES string of the molecule is CCC(C)C(=O)OC1CC2CC1C1CC3OC3C21.CCC(C)C(=O)OC1CC2CC1C1CC3OC3C21.CCC(C)C(=O)OC1CC2CCC1(C)C2(C)C.CCC(C)C(=O)OC1CC2CCC1(C)C2(C)C.CCC(C)C(=O)OCC1CO1.CCC(C)C(=O)OCC1CO1.CCC(C)c1c(F)c(F)c(F)c(F)c1F.CCC(C)c1ccc(O)cc1.CCC(C)c1ccccc1.CCC(C)c1ccccc1. The quantitative estimate of drug-likeness (QED) is 0.0139. The Morgan fingerprint density at radius 1 is 0.362 bits per heavy atom. The van der Waals surface area contributed by atoms with E-state index in [0.29, 0.717) is 90.2 Å². The Balaban J connectivity index is 0.000000173. The molecule has 0 radical (unpaired) electrons. The van der Waals surface area contributed by atoms with E-state index < -0.39 is 40.6 Å². The highest BCUT2D eigenvalue weighted by atomic mass is 19.2. The minimum absolute atomic E-state index is 0.00192. The lowest BCUT2D eigenvalue weighted by molar-refractivity contribution is -0.162. The van der Waals surface area contributed by atoms with Gasteiger partial charge >= 0.3 is 35.8 Å². The summed E-state index contributed by atoms with van der Waals surface area (Å²) in [5.41, 5.74) is 4.50. The Bertz CT molecular complexity index is 4240. The lowest BCUT2D eigenvalue weighted by Gasteiger charge is -2.38.